The molecule has 0 fully saturated rings. The molecular formula is C17H12ClN3S. The molecule has 0 bridgehead atoms. The van der Waals surface area contributed by atoms with Crippen molar-refractivity contribution in [3.05, 3.63) is 57.9 Å². The number of hydrogen-bond donors (Lipinski definition) is 1. The third-order valence-corrected chi connectivity index (χ3v) is 4.80. The van der Waals surface area contributed by atoms with Gasteiger partial charge in [0.15, 0.2) is 0 Å². The number of halogens is 1. The summed E-state index contributed by atoms with van der Waals surface area (Å²) in [6.07, 6.45) is 0. The first-order valence-electron chi connectivity index (χ1n) is 6.62. The largest absolute Gasteiger partial charge is 0.383 e. The molecule has 0 saturated heterocycles. The minimum absolute atomic E-state index is 0.225. The zero-order valence-corrected chi connectivity index (χ0v) is 13.4. The topological polar surface area (TPSA) is 62.7 Å². The van der Waals surface area contributed by atoms with E-state index in [9.17, 15) is 5.26 Å². The molecule has 0 unspecified atom stereocenters. The Labute approximate surface area is 137 Å². The molecule has 0 saturated carbocycles. The van der Waals surface area contributed by atoms with E-state index in [1.165, 1.54) is 0 Å². The Morgan fingerprint density at radius 3 is 2.64 bits per heavy atom. The quantitative estimate of drug-likeness (QED) is 0.729. The maximum Gasteiger partial charge on any atom is 0.142 e. The molecule has 2 heterocycles. The van der Waals surface area contributed by atoms with Crippen molar-refractivity contribution in [3.63, 3.8) is 0 Å². The van der Waals surface area contributed by atoms with Crippen molar-refractivity contribution in [2.45, 2.75) is 6.92 Å². The number of nitrogens with two attached hydrogens (primary N) is 1. The minimum Gasteiger partial charge on any atom is -0.383 e. The van der Waals surface area contributed by atoms with Crippen LogP contribution in [0, 0.1) is 18.3 Å². The molecule has 2 aromatic heterocycles. The van der Waals surface area contributed by atoms with Gasteiger partial charge in [0.1, 0.15) is 17.5 Å². The molecule has 108 valence electrons. The fourth-order valence-corrected chi connectivity index (χ4v) is 3.50. The van der Waals surface area contributed by atoms with Gasteiger partial charge < -0.3 is 5.73 Å². The average Bonchev–Trinajstić information content (AvgIpc) is 2.93. The SMILES string of the molecule is Cc1ccsc1-c1cc(-c2ccccc2Cl)nc(N)c1C#N. The summed E-state index contributed by atoms with van der Waals surface area (Å²) in [4.78, 5) is 5.38. The number of hydrogen-bond acceptors (Lipinski definition) is 4. The highest BCUT2D eigenvalue weighted by atomic mass is 35.5. The second-order valence-electron chi connectivity index (χ2n) is 4.84. The number of nitriles is 1. The van der Waals surface area contributed by atoms with E-state index in [2.05, 4.69) is 11.1 Å². The highest BCUT2D eigenvalue weighted by Crippen LogP contribution is 2.37. The van der Waals surface area contributed by atoms with Gasteiger partial charge in [0.2, 0.25) is 0 Å². The van der Waals surface area contributed by atoms with Crippen molar-refractivity contribution in [1.29, 1.82) is 5.26 Å². The van der Waals surface area contributed by atoms with Crippen molar-refractivity contribution in [3.8, 4) is 27.8 Å². The Kier molecular flexibility index (Phi) is 3.84. The third kappa shape index (κ3) is 2.45. The molecule has 0 aliphatic carbocycles. The zero-order chi connectivity index (χ0) is 15.7. The molecule has 0 aliphatic heterocycles. The van der Waals surface area contributed by atoms with Gasteiger partial charge in [-0.15, -0.1) is 11.3 Å². The second kappa shape index (κ2) is 5.80. The van der Waals surface area contributed by atoms with Gasteiger partial charge in [0.25, 0.3) is 0 Å². The maximum atomic E-state index is 9.41. The number of nitrogen functional groups attached to an aromatic ring is 1. The molecule has 2 N–H and O–H groups in total. The van der Waals surface area contributed by atoms with Crippen LogP contribution in [0.5, 0.6) is 0 Å². The van der Waals surface area contributed by atoms with E-state index < -0.39 is 0 Å². The third-order valence-electron chi connectivity index (χ3n) is 3.42. The molecule has 3 rings (SSSR count). The lowest BCUT2D eigenvalue weighted by atomic mass is 10.0. The monoisotopic (exact) mass is 325 g/mol. The van der Waals surface area contributed by atoms with Gasteiger partial charge in [-0.05, 0) is 36.1 Å². The van der Waals surface area contributed by atoms with Gasteiger partial charge in [-0.25, -0.2) is 4.98 Å². The first kappa shape index (κ1) is 14.6. The number of anilines is 1. The van der Waals surface area contributed by atoms with Gasteiger partial charge in [0.05, 0.1) is 5.69 Å². The van der Waals surface area contributed by atoms with E-state index in [0.717, 1.165) is 21.6 Å². The molecule has 0 aliphatic rings. The average molecular weight is 326 g/mol. The van der Waals surface area contributed by atoms with Crippen molar-refractivity contribution in [1.82, 2.24) is 4.98 Å². The molecule has 0 amide bonds. The second-order valence-corrected chi connectivity index (χ2v) is 6.16. The van der Waals surface area contributed by atoms with Crippen LogP contribution < -0.4 is 5.73 Å². The molecule has 5 heteroatoms. The number of thiophene rings is 1. The summed E-state index contributed by atoms with van der Waals surface area (Å²) in [5, 5.41) is 12.0. The molecule has 0 radical (unpaired) electrons. The number of aryl methyl sites for hydroxylation is 1. The smallest absolute Gasteiger partial charge is 0.142 e. The van der Waals surface area contributed by atoms with Crippen LogP contribution in [0.25, 0.3) is 21.7 Å². The first-order chi connectivity index (χ1) is 10.6. The standard InChI is InChI=1S/C17H12ClN3S/c1-10-6-7-22-16(10)12-8-15(21-17(20)13(12)9-19)11-4-2-3-5-14(11)18/h2-8H,1H3,(H2,20,21). The van der Waals surface area contributed by atoms with Crippen LogP contribution in [-0.4, -0.2) is 4.98 Å². The minimum atomic E-state index is 0.225. The van der Waals surface area contributed by atoms with E-state index in [0.29, 0.717) is 16.3 Å². The van der Waals surface area contributed by atoms with Gasteiger partial charge in [0, 0.05) is 21.0 Å². The van der Waals surface area contributed by atoms with E-state index in [-0.39, 0.29) is 5.82 Å². The van der Waals surface area contributed by atoms with Crippen molar-refractivity contribution in [2.75, 3.05) is 5.73 Å². The lowest BCUT2D eigenvalue weighted by Gasteiger charge is -2.10. The lowest BCUT2D eigenvalue weighted by Crippen LogP contribution is -1.99. The molecule has 22 heavy (non-hydrogen) atoms. The molecule has 3 nitrogen and oxygen atoms in total. The predicted molar refractivity (Wildman–Crippen MR) is 91.9 cm³/mol. The van der Waals surface area contributed by atoms with E-state index in [1.54, 1.807) is 11.3 Å². The zero-order valence-electron chi connectivity index (χ0n) is 11.8. The van der Waals surface area contributed by atoms with E-state index in [4.69, 9.17) is 17.3 Å². The summed E-state index contributed by atoms with van der Waals surface area (Å²) in [6.45, 7) is 2.01. The van der Waals surface area contributed by atoms with Crippen molar-refractivity contribution < 1.29 is 0 Å². The normalized spacial score (nSPS) is 10.4. The van der Waals surface area contributed by atoms with Gasteiger partial charge >= 0.3 is 0 Å². The number of pyridine rings is 1. The Hall–Kier alpha value is -2.35. The Bertz CT molecular complexity index is 893. The highest BCUT2D eigenvalue weighted by molar-refractivity contribution is 7.13. The Morgan fingerprint density at radius 1 is 1.23 bits per heavy atom. The number of aromatic nitrogens is 1. The fraction of sp³-hybridized carbons (Fsp3) is 0.0588. The summed E-state index contributed by atoms with van der Waals surface area (Å²) in [7, 11) is 0. The van der Waals surface area contributed by atoms with Crippen molar-refractivity contribution in [2.24, 2.45) is 0 Å². The molecular weight excluding hydrogens is 314 g/mol. The lowest BCUT2D eigenvalue weighted by molar-refractivity contribution is 1.31. The summed E-state index contributed by atoms with van der Waals surface area (Å²) in [6, 6.07) is 13.5. The van der Waals surface area contributed by atoms with Crippen LogP contribution in [0.3, 0.4) is 0 Å². The maximum absolute atomic E-state index is 9.41. The van der Waals surface area contributed by atoms with Crippen LogP contribution in [0.1, 0.15) is 11.1 Å². The predicted octanol–water partition coefficient (Wildman–Crippen LogP) is 4.89. The number of benzene rings is 1. The van der Waals surface area contributed by atoms with Crippen LogP contribution >= 0.6 is 22.9 Å². The van der Waals surface area contributed by atoms with Crippen molar-refractivity contribution >= 4 is 28.8 Å². The first-order valence-corrected chi connectivity index (χ1v) is 7.87. The number of rotatable bonds is 2. The van der Waals surface area contributed by atoms with Crippen LogP contribution in [0.15, 0.2) is 41.8 Å². The summed E-state index contributed by atoms with van der Waals surface area (Å²) in [5.74, 6) is 0.225. The van der Waals surface area contributed by atoms with Gasteiger partial charge in [-0.3, -0.25) is 0 Å². The fourth-order valence-electron chi connectivity index (χ4n) is 2.32. The molecule has 0 atom stereocenters. The highest BCUT2D eigenvalue weighted by Gasteiger charge is 2.16. The molecule has 3 aromatic rings. The summed E-state index contributed by atoms with van der Waals surface area (Å²) < 4.78 is 0. The van der Waals surface area contributed by atoms with Gasteiger partial charge in [-0.2, -0.15) is 5.26 Å². The van der Waals surface area contributed by atoms with E-state index >= 15 is 0 Å². The summed E-state index contributed by atoms with van der Waals surface area (Å²) in [5.41, 5.74) is 9.79. The Morgan fingerprint density at radius 2 is 2.00 bits per heavy atom. The molecule has 1 aromatic carbocycles. The van der Waals surface area contributed by atoms with Crippen LogP contribution in [0.4, 0.5) is 5.82 Å². The van der Waals surface area contributed by atoms with E-state index in [1.807, 2.05) is 48.7 Å². The van der Waals surface area contributed by atoms with Crippen LogP contribution in [0.2, 0.25) is 5.02 Å². The van der Waals surface area contributed by atoms with Gasteiger partial charge in [-0.1, -0.05) is 29.8 Å². The summed E-state index contributed by atoms with van der Waals surface area (Å²) >= 11 is 7.83. The van der Waals surface area contributed by atoms with Crippen LogP contribution in [-0.2, 0) is 0 Å². The molecule has 0 spiro atoms. The number of nitrogens with zero attached hydrogens (tertiary/aromatic N) is 2. The Balaban J connectivity index is 2.29.